The monoisotopic (exact) mass is 384 g/mol. The molecule has 5 heteroatoms. The van der Waals surface area contributed by atoms with Gasteiger partial charge in [0.05, 0.1) is 5.56 Å². The van der Waals surface area contributed by atoms with Gasteiger partial charge < -0.3 is 10.4 Å². The molecule has 4 nitrogen and oxygen atoms in total. The lowest BCUT2D eigenvalue weighted by atomic mass is 10.00. The standard InChI is InChI=1S/C24H17FN2O2/c25-18-8-10-19(11-9-18)27-23(26-22-4-2-1-3-21(22)24(27)29)17-6-5-16-14-20(28)12-7-15(16)13-17/h1-14,23,26,28H. The molecule has 1 unspecified atom stereocenters. The van der Waals surface area contributed by atoms with Crippen LogP contribution in [0, 0.1) is 5.82 Å². The third-order valence-corrected chi connectivity index (χ3v) is 5.20. The Hall–Kier alpha value is -3.86. The van der Waals surface area contributed by atoms with E-state index in [1.54, 1.807) is 35.2 Å². The second-order valence-corrected chi connectivity index (χ2v) is 7.03. The normalized spacial score (nSPS) is 15.8. The van der Waals surface area contributed by atoms with E-state index in [1.807, 2.05) is 42.5 Å². The Kier molecular flexibility index (Phi) is 3.95. The largest absolute Gasteiger partial charge is 0.508 e. The number of para-hydroxylation sites is 1. The molecule has 1 amide bonds. The summed E-state index contributed by atoms with van der Waals surface area (Å²) >= 11 is 0. The molecule has 4 aromatic rings. The van der Waals surface area contributed by atoms with E-state index in [0.717, 1.165) is 22.0 Å². The Morgan fingerprint density at radius 1 is 0.862 bits per heavy atom. The zero-order chi connectivity index (χ0) is 20.0. The van der Waals surface area contributed by atoms with Crippen LogP contribution >= 0.6 is 0 Å². The van der Waals surface area contributed by atoms with E-state index < -0.39 is 6.17 Å². The topological polar surface area (TPSA) is 52.6 Å². The van der Waals surface area contributed by atoms with Crippen LogP contribution in [-0.4, -0.2) is 11.0 Å². The van der Waals surface area contributed by atoms with Crippen LogP contribution in [-0.2, 0) is 0 Å². The number of amides is 1. The zero-order valence-electron chi connectivity index (χ0n) is 15.3. The number of nitrogens with one attached hydrogen (secondary N) is 1. The van der Waals surface area contributed by atoms with Gasteiger partial charge in [-0.3, -0.25) is 9.69 Å². The Labute approximate surface area is 166 Å². The highest BCUT2D eigenvalue weighted by Gasteiger charge is 2.34. The van der Waals surface area contributed by atoms with Crippen LogP contribution in [0.1, 0.15) is 22.1 Å². The van der Waals surface area contributed by atoms with Crippen LogP contribution in [0.5, 0.6) is 5.75 Å². The first-order valence-electron chi connectivity index (χ1n) is 9.27. The van der Waals surface area contributed by atoms with Crippen molar-refractivity contribution in [1.29, 1.82) is 0 Å². The molecule has 1 atom stereocenters. The van der Waals surface area contributed by atoms with Crippen LogP contribution < -0.4 is 10.2 Å². The summed E-state index contributed by atoms with van der Waals surface area (Å²) < 4.78 is 13.5. The van der Waals surface area contributed by atoms with Crippen molar-refractivity contribution in [2.24, 2.45) is 0 Å². The zero-order valence-corrected chi connectivity index (χ0v) is 15.3. The summed E-state index contributed by atoms with van der Waals surface area (Å²) in [6.07, 6.45) is -0.457. The number of halogens is 1. The number of rotatable bonds is 2. The smallest absolute Gasteiger partial charge is 0.262 e. The molecule has 4 aromatic carbocycles. The van der Waals surface area contributed by atoms with Crippen molar-refractivity contribution < 1.29 is 14.3 Å². The molecule has 29 heavy (non-hydrogen) atoms. The molecule has 0 bridgehead atoms. The summed E-state index contributed by atoms with van der Waals surface area (Å²) in [4.78, 5) is 15.0. The molecular formula is C24H17FN2O2. The molecule has 0 radical (unpaired) electrons. The van der Waals surface area contributed by atoms with E-state index in [-0.39, 0.29) is 17.5 Å². The van der Waals surface area contributed by atoms with Crippen molar-refractivity contribution in [2.75, 3.05) is 10.2 Å². The second kappa shape index (κ2) is 6.63. The van der Waals surface area contributed by atoms with Gasteiger partial charge >= 0.3 is 0 Å². The van der Waals surface area contributed by atoms with Crippen LogP contribution in [0.15, 0.2) is 84.9 Å². The quantitative estimate of drug-likeness (QED) is 0.483. The van der Waals surface area contributed by atoms with Crippen molar-refractivity contribution in [3.63, 3.8) is 0 Å². The van der Waals surface area contributed by atoms with E-state index in [1.165, 1.54) is 12.1 Å². The summed E-state index contributed by atoms with van der Waals surface area (Å²) in [7, 11) is 0. The van der Waals surface area contributed by atoms with E-state index >= 15 is 0 Å². The summed E-state index contributed by atoms with van der Waals surface area (Å²) in [5.74, 6) is -0.298. The van der Waals surface area contributed by atoms with Crippen molar-refractivity contribution in [2.45, 2.75) is 6.17 Å². The Morgan fingerprint density at radius 2 is 1.59 bits per heavy atom. The lowest BCUT2D eigenvalue weighted by Gasteiger charge is -2.38. The predicted molar refractivity (Wildman–Crippen MR) is 112 cm³/mol. The number of carbonyl (C=O) groups is 1. The third kappa shape index (κ3) is 2.97. The van der Waals surface area contributed by atoms with Crippen molar-refractivity contribution in [3.05, 3.63) is 102 Å². The first-order chi connectivity index (χ1) is 14.1. The van der Waals surface area contributed by atoms with Gasteiger partial charge in [-0.15, -0.1) is 0 Å². The van der Waals surface area contributed by atoms with Gasteiger partial charge in [0.25, 0.3) is 5.91 Å². The van der Waals surface area contributed by atoms with Crippen LogP contribution in [0.25, 0.3) is 10.8 Å². The maximum Gasteiger partial charge on any atom is 0.262 e. The second-order valence-electron chi connectivity index (χ2n) is 7.03. The lowest BCUT2D eigenvalue weighted by molar-refractivity contribution is 0.0975. The van der Waals surface area contributed by atoms with E-state index in [4.69, 9.17) is 0 Å². The average Bonchev–Trinajstić information content (AvgIpc) is 2.74. The maximum absolute atomic E-state index is 13.5. The molecule has 1 aliphatic heterocycles. The fourth-order valence-electron chi connectivity index (χ4n) is 3.78. The van der Waals surface area contributed by atoms with E-state index in [2.05, 4.69) is 5.32 Å². The van der Waals surface area contributed by atoms with Gasteiger partial charge in [-0.2, -0.15) is 0 Å². The molecule has 142 valence electrons. The number of hydrogen-bond acceptors (Lipinski definition) is 3. The molecular weight excluding hydrogens is 367 g/mol. The molecule has 2 N–H and O–H groups in total. The molecule has 0 spiro atoms. The highest BCUT2D eigenvalue weighted by atomic mass is 19.1. The average molecular weight is 384 g/mol. The molecule has 0 saturated carbocycles. The minimum Gasteiger partial charge on any atom is -0.508 e. The number of carbonyl (C=O) groups excluding carboxylic acids is 1. The molecule has 0 saturated heterocycles. The van der Waals surface area contributed by atoms with Gasteiger partial charge in [-0.05, 0) is 70.9 Å². The molecule has 1 heterocycles. The number of phenolic OH excluding ortho intramolecular Hbond substituents is 1. The summed E-state index contributed by atoms with van der Waals surface area (Å²) in [5, 5.41) is 15.0. The summed E-state index contributed by atoms with van der Waals surface area (Å²) in [6, 6.07) is 24.3. The molecule has 0 aromatic heterocycles. The molecule has 0 aliphatic carbocycles. The van der Waals surface area contributed by atoms with Gasteiger partial charge in [0, 0.05) is 11.4 Å². The molecule has 1 aliphatic rings. The lowest BCUT2D eigenvalue weighted by Crippen LogP contribution is -2.43. The van der Waals surface area contributed by atoms with Crippen LogP contribution in [0.2, 0.25) is 0 Å². The van der Waals surface area contributed by atoms with E-state index in [0.29, 0.717) is 11.3 Å². The number of fused-ring (bicyclic) bond motifs is 2. The van der Waals surface area contributed by atoms with E-state index in [9.17, 15) is 14.3 Å². The number of benzene rings is 4. The Morgan fingerprint density at radius 3 is 2.41 bits per heavy atom. The van der Waals surface area contributed by atoms with Gasteiger partial charge in [0.15, 0.2) is 0 Å². The highest BCUT2D eigenvalue weighted by Crippen LogP contribution is 2.37. The number of anilines is 2. The number of aromatic hydroxyl groups is 1. The number of phenols is 1. The fraction of sp³-hybridized carbons (Fsp3) is 0.0417. The third-order valence-electron chi connectivity index (χ3n) is 5.20. The summed E-state index contributed by atoms with van der Waals surface area (Å²) in [6.45, 7) is 0. The van der Waals surface area contributed by atoms with Crippen LogP contribution in [0.4, 0.5) is 15.8 Å². The first kappa shape index (κ1) is 17.3. The van der Waals surface area contributed by atoms with Crippen molar-refractivity contribution in [3.8, 4) is 5.75 Å². The SMILES string of the molecule is O=C1c2ccccc2NC(c2ccc3cc(O)ccc3c2)N1c1ccc(F)cc1. The summed E-state index contributed by atoms with van der Waals surface area (Å²) in [5.41, 5.74) is 2.81. The van der Waals surface area contributed by atoms with Gasteiger partial charge in [-0.1, -0.05) is 30.3 Å². The Bertz CT molecular complexity index is 1240. The predicted octanol–water partition coefficient (Wildman–Crippen LogP) is 5.46. The molecule has 5 rings (SSSR count). The number of nitrogens with zero attached hydrogens (tertiary/aromatic N) is 1. The highest BCUT2D eigenvalue weighted by molar-refractivity contribution is 6.12. The first-order valence-corrected chi connectivity index (χ1v) is 9.27. The van der Waals surface area contributed by atoms with Gasteiger partial charge in [0.1, 0.15) is 17.7 Å². The van der Waals surface area contributed by atoms with Gasteiger partial charge in [0.2, 0.25) is 0 Å². The minimum absolute atomic E-state index is 0.151. The van der Waals surface area contributed by atoms with Crippen LogP contribution in [0.3, 0.4) is 0 Å². The maximum atomic E-state index is 13.5. The van der Waals surface area contributed by atoms with Crippen molar-refractivity contribution >= 4 is 28.1 Å². The van der Waals surface area contributed by atoms with Gasteiger partial charge in [-0.25, -0.2) is 4.39 Å². The Balaban J connectivity index is 1.66. The van der Waals surface area contributed by atoms with Crippen molar-refractivity contribution in [1.82, 2.24) is 0 Å². The minimum atomic E-state index is -0.457. The molecule has 0 fully saturated rings. The number of hydrogen-bond donors (Lipinski definition) is 2. The fourth-order valence-corrected chi connectivity index (χ4v) is 3.78.